The average Bonchev–Trinajstić information content (AvgIpc) is 2.99. The molecule has 0 aliphatic carbocycles. The molecule has 2 heterocycles. The Kier molecular flexibility index (Phi) is 5.20. The summed E-state index contributed by atoms with van der Waals surface area (Å²) >= 11 is 1.51. The highest BCUT2D eigenvalue weighted by Crippen LogP contribution is 2.31. The lowest BCUT2D eigenvalue weighted by Crippen LogP contribution is -2.31. The van der Waals surface area contributed by atoms with E-state index in [1.807, 2.05) is 24.3 Å². The minimum Gasteiger partial charge on any atom is -0.497 e. The first-order chi connectivity index (χ1) is 11.7. The summed E-state index contributed by atoms with van der Waals surface area (Å²) in [5, 5.41) is 3.61. The Bertz CT molecular complexity index is 791. The second-order valence-corrected chi connectivity index (χ2v) is 6.54. The lowest BCUT2D eigenvalue weighted by Gasteiger charge is -2.13. The SMILES string of the molecule is COc1cccc(CCNC(=O)C[C@H]2CSc3nccc(=O)n32)c1. The van der Waals surface area contributed by atoms with Crippen LogP contribution in [0.5, 0.6) is 5.75 Å². The minimum atomic E-state index is -0.122. The Hall–Kier alpha value is -2.28. The van der Waals surface area contributed by atoms with E-state index < -0.39 is 0 Å². The molecule has 126 valence electrons. The van der Waals surface area contributed by atoms with Gasteiger partial charge in [0.2, 0.25) is 5.91 Å². The van der Waals surface area contributed by atoms with Crippen LogP contribution in [-0.2, 0) is 11.2 Å². The van der Waals surface area contributed by atoms with Crippen LogP contribution in [0.4, 0.5) is 0 Å². The van der Waals surface area contributed by atoms with Gasteiger partial charge in [0.05, 0.1) is 13.2 Å². The summed E-state index contributed by atoms with van der Waals surface area (Å²) in [5.41, 5.74) is 1.01. The number of amides is 1. The number of benzene rings is 1. The Morgan fingerprint density at radius 2 is 2.33 bits per heavy atom. The van der Waals surface area contributed by atoms with E-state index >= 15 is 0 Å². The highest BCUT2D eigenvalue weighted by atomic mass is 32.2. The van der Waals surface area contributed by atoms with Crippen LogP contribution in [0.25, 0.3) is 0 Å². The van der Waals surface area contributed by atoms with Gasteiger partial charge in [0.25, 0.3) is 5.56 Å². The van der Waals surface area contributed by atoms with E-state index in [1.54, 1.807) is 11.7 Å². The molecule has 1 aliphatic rings. The Morgan fingerprint density at radius 3 is 3.17 bits per heavy atom. The van der Waals surface area contributed by atoms with Gasteiger partial charge in [-0.3, -0.25) is 14.2 Å². The number of hydrogen-bond donors (Lipinski definition) is 1. The van der Waals surface area contributed by atoms with Crippen LogP contribution in [-0.4, -0.2) is 34.9 Å². The molecule has 1 atom stereocenters. The molecule has 1 aromatic carbocycles. The largest absolute Gasteiger partial charge is 0.497 e. The molecular formula is C17H19N3O3S. The highest BCUT2D eigenvalue weighted by Gasteiger charge is 2.26. The summed E-state index contributed by atoms with van der Waals surface area (Å²) in [4.78, 5) is 28.3. The van der Waals surface area contributed by atoms with Gasteiger partial charge in [0.15, 0.2) is 5.16 Å². The number of nitrogens with zero attached hydrogens (tertiary/aromatic N) is 2. The van der Waals surface area contributed by atoms with E-state index in [-0.39, 0.29) is 17.5 Å². The normalized spacial score (nSPS) is 15.8. The fourth-order valence-electron chi connectivity index (χ4n) is 2.70. The molecule has 3 rings (SSSR count). The van der Waals surface area contributed by atoms with Crippen molar-refractivity contribution in [3.8, 4) is 5.75 Å². The zero-order valence-electron chi connectivity index (χ0n) is 13.4. The van der Waals surface area contributed by atoms with Crippen LogP contribution >= 0.6 is 11.8 Å². The van der Waals surface area contributed by atoms with Crippen molar-refractivity contribution >= 4 is 17.7 Å². The molecule has 7 heteroatoms. The van der Waals surface area contributed by atoms with Crippen molar-refractivity contribution in [3.05, 3.63) is 52.4 Å². The molecule has 0 radical (unpaired) electrons. The zero-order chi connectivity index (χ0) is 16.9. The van der Waals surface area contributed by atoms with Crippen LogP contribution in [0.1, 0.15) is 18.0 Å². The van der Waals surface area contributed by atoms with E-state index in [9.17, 15) is 9.59 Å². The molecule has 1 aromatic heterocycles. The smallest absolute Gasteiger partial charge is 0.254 e. The molecule has 1 aliphatic heterocycles. The van der Waals surface area contributed by atoms with Gasteiger partial charge in [-0.05, 0) is 24.1 Å². The van der Waals surface area contributed by atoms with Crippen LogP contribution in [0.3, 0.4) is 0 Å². The number of rotatable bonds is 6. The molecule has 1 N–H and O–H groups in total. The van der Waals surface area contributed by atoms with E-state index in [0.717, 1.165) is 17.7 Å². The molecular weight excluding hydrogens is 326 g/mol. The number of ether oxygens (including phenoxy) is 1. The van der Waals surface area contributed by atoms with Crippen LogP contribution in [0.2, 0.25) is 0 Å². The predicted molar refractivity (Wildman–Crippen MR) is 92.6 cm³/mol. The number of methoxy groups -OCH3 is 1. The first-order valence-corrected chi connectivity index (χ1v) is 8.76. The van der Waals surface area contributed by atoms with Gasteiger partial charge >= 0.3 is 0 Å². The molecule has 6 nitrogen and oxygen atoms in total. The topological polar surface area (TPSA) is 73.2 Å². The van der Waals surface area contributed by atoms with Gasteiger partial charge in [0, 0.05) is 31.0 Å². The first kappa shape index (κ1) is 16.6. The second-order valence-electron chi connectivity index (χ2n) is 5.56. The lowest BCUT2D eigenvalue weighted by molar-refractivity contribution is -0.121. The summed E-state index contributed by atoms with van der Waals surface area (Å²) in [5.74, 6) is 1.47. The van der Waals surface area contributed by atoms with Crippen molar-refractivity contribution in [3.63, 3.8) is 0 Å². The maximum atomic E-state index is 12.2. The summed E-state index contributed by atoms with van der Waals surface area (Å²) in [6, 6.07) is 9.10. The van der Waals surface area contributed by atoms with Gasteiger partial charge in [-0.15, -0.1) is 0 Å². The second kappa shape index (κ2) is 7.53. The molecule has 1 amide bonds. The molecule has 0 saturated carbocycles. The van der Waals surface area contributed by atoms with Gasteiger partial charge in [-0.25, -0.2) is 4.98 Å². The van der Waals surface area contributed by atoms with Gasteiger partial charge in [0.1, 0.15) is 5.75 Å². The standard InChI is InChI=1S/C17H19N3O3S/c1-23-14-4-2-3-12(9-14)5-7-18-15(21)10-13-11-24-17-19-8-6-16(22)20(13)17/h2-4,6,8-9,13H,5,7,10-11H2,1H3,(H,18,21)/t13-/m0/s1. The zero-order valence-corrected chi connectivity index (χ0v) is 14.2. The predicted octanol–water partition coefficient (Wildman–Crippen LogP) is 1.65. The van der Waals surface area contributed by atoms with Crippen LogP contribution in [0.15, 0.2) is 46.5 Å². The fraction of sp³-hybridized carbons (Fsp3) is 0.353. The number of carbonyl (C=O) groups excluding carboxylic acids is 1. The molecule has 24 heavy (non-hydrogen) atoms. The van der Waals surface area contributed by atoms with Gasteiger partial charge < -0.3 is 10.1 Å². The van der Waals surface area contributed by atoms with Crippen LogP contribution in [0, 0.1) is 0 Å². The van der Waals surface area contributed by atoms with E-state index in [0.29, 0.717) is 23.9 Å². The van der Waals surface area contributed by atoms with Crippen molar-refractivity contribution < 1.29 is 9.53 Å². The Morgan fingerprint density at radius 1 is 1.46 bits per heavy atom. The summed E-state index contributed by atoms with van der Waals surface area (Å²) in [6.07, 6.45) is 2.54. The number of hydrogen-bond acceptors (Lipinski definition) is 5. The number of nitrogens with one attached hydrogen (secondary N) is 1. The van der Waals surface area contributed by atoms with Crippen molar-refractivity contribution in [2.45, 2.75) is 24.0 Å². The van der Waals surface area contributed by atoms with Crippen molar-refractivity contribution in [1.29, 1.82) is 0 Å². The average molecular weight is 345 g/mol. The molecule has 0 saturated heterocycles. The number of aromatic nitrogens is 2. The third kappa shape index (κ3) is 3.79. The maximum absolute atomic E-state index is 12.2. The minimum absolute atomic E-state index is 0.0490. The first-order valence-electron chi connectivity index (χ1n) is 7.77. The summed E-state index contributed by atoms with van der Waals surface area (Å²) in [7, 11) is 1.63. The third-order valence-electron chi connectivity index (χ3n) is 3.91. The Balaban J connectivity index is 1.51. The number of thioether (sulfide) groups is 1. The molecule has 0 spiro atoms. The fourth-order valence-corrected chi connectivity index (χ4v) is 3.82. The highest BCUT2D eigenvalue weighted by molar-refractivity contribution is 7.99. The summed E-state index contributed by atoms with van der Waals surface area (Å²) in [6.45, 7) is 0.556. The Labute approximate surface area is 144 Å². The van der Waals surface area contributed by atoms with Gasteiger partial charge in [-0.2, -0.15) is 0 Å². The monoisotopic (exact) mass is 345 g/mol. The quantitative estimate of drug-likeness (QED) is 0.806. The lowest BCUT2D eigenvalue weighted by atomic mass is 10.1. The van der Waals surface area contributed by atoms with Crippen molar-refractivity contribution in [1.82, 2.24) is 14.9 Å². The molecule has 2 aromatic rings. The summed E-state index contributed by atoms with van der Waals surface area (Å²) < 4.78 is 6.80. The van der Waals surface area contributed by atoms with Crippen molar-refractivity contribution in [2.75, 3.05) is 19.4 Å². The number of fused-ring (bicyclic) bond motifs is 1. The molecule has 0 unspecified atom stereocenters. The van der Waals surface area contributed by atoms with Gasteiger partial charge in [-0.1, -0.05) is 23.9 Å². The molecule has 0 fully saturated rings. The van der Waals surface area contributed by atoms with E-state index in [1.165, 1.54) is 24.0 Å². The molecule has 0 bridgehead atoms. The maximum Gasteiger partial charge on any atom is 0.254 e. The number of carbonyl (C=O) groups is 1. The van der Waals surface area contributed by atoms with Crippen molar-refractivity contribution in [2.24, 2.45) is 0 Å². The van der Waals surface area contributed by atoms with Crippen LogP contribution < -0.4 is 15.6 Å². The third-order valence-corrected chi connectivity index (χ3v) is 5.02. The van der Waals surface area contributed by atoms with E-state index in [2.05, 4.69) is 10.3 Å². The van der Waals surface area contributed by atoms with E-state index in [4.69, 9.17) is 4.74 Å².